The van der Waals surface area contributed by atoms with E-state index in [1.54, 1.807) is 41.5 Å². The molecule has 1 aromatic carbocycles. The number of fused-ring (bicyclic) bond motifs is 1. The second-order valence-corrected chi connectivity index (χ2v) is 10.7. The fraction of sp³-hybridized carbons (Fsp3) is 0.692. The zero-order chi connectivity index (χ0) is 26.5. The first-order valence-electron chi connectivity index (χ1n) is 12.0. The molecule has 10 heteroatoms. The lowest BCUT2D eigenvalue weighted by Gasteiger charge is -2.48. The molecule has 0 aliphatic carbocycles. The molecule has 0 aromatic heterocycles. The van der Waals surface area contributed by atoms with Crippen LogP contribution in [0.15, 0.2) is 30.3 Å². The monoisotopic (exact) mass is 510 g/mol. The van der Waals surface area contributed by atoms with Crippen molar-refractivity contribution in [2.24, 2.45) is 0 Å². The minimum Gasteiger partial charge on any atom is -0.458 e. The van der Waals surface area contributed by atoms with Crippen LogP contribution in [0.2, 0.25) is 0 Å². The van der Waals surface area contributed by atoms with Gasteiger partial charge in [-0.25, -0.2) is 9.59 Å². The van der Waals surface area contributed by atoms with Crippen molar-refractivity contribution in [2.45, 2.75) is 89.7 Å². The topological polar surface area (TPSA) is 108 Å². The summed E-state index contributed by atoms with van der Waals surface area (Å²) >= 11 is 0. The maximum absolute atomic E-state index is 12.4. The number of rotatable bonds is 8. The van der Waals surface area contributed by atoms with Crippen molar-refractivity contribution in [3.8, 4) is 0 Å². The molecule has 3 rings (SSSR count). The predicted molar refractivity (Wildman–Crippen MR) is 127 cm³/mol. The highest BCUT2D eigenvalue weighted by atomic mass is 16.8. The van der Waals surface area contributed by atoms with Crippen LogP contribution in [0, 0.1) is 0 Å². The van der Waals surface area contributed by atoms with Gasteiger partial charge in [-0.3, -0.25) is 0 Å². The van der Waals surface area contributed by atoms with Crippen LogP contribution in [-0.2, 0) is 47.5 Å². The number of hydrogen-bond acceptors (Lipinski definition) is 10. The minimum atomic E-state index is -0.905. The zero-order valence-electron chi connectivity index (χ0n) is 22.1. The third kappa shape index (κ3) is 8.22. The number of esters is 2. The van der Waals surface area contributed by atoms with E-state index in [1.807, 2.05) is 30.3 Å². The van der Waals surface area contributed by atoms with Crippen molar-refractivity contribution in [3.63, 3.8) is 0 Å². The zero-order valence-corrected chi connectivity index (χ0v) is 22.1. The lowest BCUT2D eigenvalue weighted by atomic mass is 9.97. The Morgan fingerprint density at radius 2 is 1.42 bits per heavy atom. The van der Waals surface area contributed by atoms with Gasteiger partial charge in [-0.2, -0.15) is 0 Å². The molecule has 1 aromatic rings. The van der Waals surface area contributed by atoms with Crippen molar-refractivity contribution in [3.05, 3.63) is 35.9 Å². The van der Waals surface area contributed by atoms with E-state index in [4.69, 9.17) is 37.9 Å². The molecule has 36 heavy (non-hydrogen) atoms. The van der Waals surface area contributed by atoms with Crippen LogP contribution in [-0.4, -0.2) is 80.8 Å². The summed E-state index contributed by atoms with van der Waals surface area (Å²) in [5.41, 5.74) is -0.523. The third-order valence-corrected chi connectivity index (χ3v) is 5.22. The summed E-state index contributed by atoms with van der Waals surface area (Å²) in [6, 6.07) is 9.44. The second kappa shape index (κ2) is 12.0. The van der Waals surface area contributed by atoms with Gasteiger partial charge in [0, 0.05) is 12.7 Å². The van der Waals surface area contributed by atoms with Gasteiger partial charge in [0.2, 0.25) is 0 Å². The molecule has 2 saturated heterocycles. The Morgan fingerprint density at radius 1 is 0.861 bits per heavy atom. The predicted octanol–water partition coefficient (Wildman–Crippen LogP) is 2.93. The van der Waals surface area contributed by atoms with Crippen molar-refractivity contribution >= 4 is 11.9 Å². The Balaban J connectivity index is 1.80. The Bertz CT molecular complexity index is 860. The van der Waals surface area contributed by atoms with Crippen molar-refractivity contribution in [1.82, 2.24) is 0 Å². The SMILES string of the molecule is CO[C@H]1O[C@@H]2COC(c3ccccc3)O[C@H]2[C@H](OCC(=O)OC(C)(C)C)[C@H]1OCC(=O)OC(C)(C)C. The van der Waals surface area contributed by atoms with Gasteiger partial charge in [-0.1, -0.05) is 30.3 Å². The number of ether oxygens (including phenoxy) is 8. The summed E-state index contributed by atoms with van der Waals surface area (Å²) < 4.78 is 46.4. The van der Waals surface area contributed by atoms with Gasteiger partial charge in [0.15, 0.2) is 12.6 Å². The maximum atomic E-state index is 12.4. The van der Waals surface area contributed by atoms with E-state index in [9.17, 15) is 9.59 Å². The van der Waals surface area contributed by atoms with E-state index in [0.29, 0.717) is 0 Å². The highest BCUT2D eigenvalue weighted by molar-refractivity contribution is 5.71. The molecule has 2 aliphatic rings. The molecule has 2 aliphatic heterocycles. The van der Waals surface area contributed by atoms with Gasteiger partial charge in [0.05, 0.1) is 6.61 Å². The van der Waals surface area contributed by atoms with Crippen LogP contribution in [0.3, 0.4) is 0 Å². The van der Waals surface area contributed by atoms with Gasteiger partial charge in [-0.05, 0) is 41.5 Å². The van der Waals surface area contributed by atoms with E-state index >= 15 is 0 Å². The van der Waals surface area contributed by atoms with E-state index < -0.39 is 60.1 Å². The molecular formula is C26H38O10. The molecule has 0 bridgehead atoms. The van der Waals surface area contributed by atoms with Crippen LogP contribution in [0.25, 0.3) is 0 Å². The molecule has 0 amide bonds. The quantitative estimate of drug-likeness (QED) is 0.485. The van der Waals surface area contributed by atoms with Gasteiger partial charge >= 0.3 is 11.9 Å². The smallest absolute Gasteiger partial charge is 0.332 e. The standard InChI is InChI=1S/C26H38O10/c1-25(2,3)35-18(27)14-30-21-20-17(13-32-23(34-20)16-11-9-8-10-12-16)33-24(29-7)22(21)31-15-19(28)36-26(4,5)6/h8-12,17,20-24H,13-15H2,1-7H3/t17-,20-,21+,22-,23?,24+/m1/s1. The van der Waals surface area contributed by atoms with Crippen LogP contribution >= 0.6 is 0 Å². The largest absolute Gasteiger partial charge is 0.458 e. The fourth-order valence-corrected chi connectivity index (χ4v) is 3.95. The molecule has 0 radical (unpaired) electrons. The lowest BCUT2D eigenvalue weighted by Crippen LogP contribution is -2.64. The van der Waals surface area contributed by atoms with Gasteiger partial charge in [-0.15, -0.1) is 0 Å². The molecule has 0 N–H and O–H groups in total. The lowest BCUT2D eigenvalue weighted by molar-refractivity contribution is -0.366. The first kappa shape index (κ1) is 28.5. The number of carbonyl (C=O) groups excluding carboxylic acids is 2. The maximum Gasteiger partial charge on any atom is 0.332 e. The average Bonchev–Trinajstić information content (AvgIpc) is 2.79. The van der Waals surface area contributed by atoms with Crippen LogP contribution in [0.5, 0.6) is 0 Å². The van der Waals surface area contributed by atoms with E-state index in [0.717, 1.165) is 5.56 Å². The van der Waals surface area contributed by atoms with Gasteiger partial charge < -0.3 is 37.9 Å². The van der Waals surface area contributed by atoms with Crippen LogP contribution in [0.1, 0.15) is 53.4 Å². The molecule has 1 unspecified atom stereocenters. The van der Waals surface area contributed by atoms with Crippen molar-refractivity contribution < 1.29 is 47.5 Å². The summed E-state index contributed by atoms with van der Waals surface area (Å²) in [4.78, 5) is 24.8. The summed E-state index contributed by atoms with van der Waals surface area (Å²) in [6.07, 6.45) is -4.55. The molecule has 10 nitrogen and oxygen atoms in total. The number of methoxy groups -OCH3 is 1. The van der Waals surface area contributed by atoms with Gasteiger partial charge in [0.1, 0.15) is 48.8 Å². The van der Waals surface area contributed by atoms with E-state index in [-0.39, 0.29) is 19.8 Å². The molecule has 6 atom stereocenters. The molecule has 0 saturated carbocycles. The molecular weight excluding hydrogens is 472 g/mol. The molecule has 202 valence electrons. The molecule has 2 fully saturated rings. The summed E-state index contributed by atoms with van der Waals surface area (Å²) in [5, 5.41) is 0. The highest BCUT2D eigenvalue weighted by Gasteiger charge is 2.52. The fourth-order valence-electron chi connectivity index (χ4n) is 3.95. The Kier molecular flexibility index (Phi) is 9.48. The number of hydrogen-bond donors (Lipinski definition) is 0. The summed E-state index contributed by atoms with van der Waals surface area (Å²) in [6.45, 7) is 10.1. The minimum absolute atomic E-state index is 0.204. The van der Waals surface area contributed by atoms with Gasteiger partial charge in [0.25, 0.3) is 0 Å². The van der Waals surface area contributed by atoms with Crippen LogP contribution in [0.4, 0.5) is 0 Å². The van der Waals surface area contributed by atoms with E-state index in [2.05, 4.69) is 0 Å². The normalized spacial score (nSPS) is 28.8. The number of benzene rings is 1. The number of carbonyl (C=O) groups is 2. The first-order chi connectivity index (χ1) is 16.9. The van der Waals surface area contributed by atoms with Crippen molar-refractivity contribution in [2.75, 3.05) is 26.9 Å². The molecule has 0 spiro atoms. The summed E-state index contributed by atoms with van der Waals surface area (Å²) in [5.74, 6) is -1.10. The Morgan fingerprint density at radius 3 is 1.94 bits per heavy atom. The average molecular weight is 511 g/mol. The Hall–Kier alpha value is -2.08. The highest BCUT2D eigenvalue weighted by Crippen LogP contribution is 2.36. The Labute approximate surface area is 212 Å². The second-order valence-electron chi connectivity index (χ2n) is 10.7. The van der Waals surface area contributed by atoms with Crippen LogP contribution < -0.4 is 0 Å². The third-order valence-electron chi connectivity index (χ3n) is 5.22. The first-order valence-corrected chi connectivity index (χ1v) is 12.0. The van der Waals surface area contributed by atoms with E-state index in [1.165, 1.54) is 7.11 Å². The van der Waals surface area contributed by atoms with Crippen molar-refractivity contribution in [1.29, 1.82) is 0 Å². The molecule has 2 heterocycles. The summed E-state index contributed by atoms with van der Waals surface area (Å²) in [7, 11) is 1.46.